The third-order valence-electron chi connectivity index (χ3n) is 10.2. The van der Waals surface area contributed by atoms with E-state index in [1.807, 2.05) is 0 Å². The maximum atomic E-state index is 7.16. The van der Waals surface area contributed by atoms with Gasteiger partial charge in [-0.3, -0.25) is 0 Å². The van der Waals surface area contributed by atoms with Crippen molar-refractivity contribution < 1.29 is 4.42 Å². The summed E-state index contributed by atoms with van der Waals surface area (Å²) in [7, 11) is 0. The summed E-state index contributed by atoms with van der Waals surface area (Å²) in [5.41, 5.74) is 11.9. The molecule has 52 heavy (non-hydrogen) atoms. The van der Waals surface area contributed by atoms with Crippen molar-refractivity contribution in [2.45, 2.75) is 0 Å². The Labute approximate surface area is 302 Å². The summed E-state index contributed by atoms with van der Waals surface area (Å²) in [4.78, 5) is 2.32. The van der Waals surface area contributed by atoms with E-state index in [9.17, 15) is 0 Å². The van der Waals surface area contributed by atoms with E-state index in [0.717, 1.165) is 50.1 Å². The zero-order chi connectivity index (χ0) is 34.4. The predicted molar refractivity (Wildman–Crippen MR) is 220 cm³/mol. The molecule has 0 bridgehead atoms. The molecule has 0 fully saturated rings. The second-order valence-electron chi connectivity index (χ2n) is 13.3. The summed E-state index contributed by atoms with van der Waals surface area (Å²) < 4.78 is 7.16. The highest BCUT2D eigenvalue weighted by atomic mass is 16.3. The molecule has 0 saturated heterocycles. The number of anilines is 3. The Balaban J connectivity index is 1.20. The van der Waals surface area contributed by atoms with Crippen LogP contribution in [0.2, 0.25) is 0 Å². The molecule has 0 aliphatic carbocycles. The Morgan fingerprint density at radius 3 is 1.48 bits per heavy atom. The van der Waals surface area contributed by atoms with Crippen molar-refractivity contribution in [2.75, 3.05) is 4.90 Å². The van der Waals surface area contributed by atoms with Crippen molar-refractivity contribution in [2.24, 2.45) is 0 Å². The number of hydrogen-bond donors (Lipinski definition) is 0. The zero-order valence-corrected chi connectivity index (χ0v) is 28.4. The first-order valence-electron chi connectivity index (χ1n) is 17.8. The number of hydrogen-bond acceptors (Lipinski definition) is 2. The molecule has 2 nitrogen and oxygen atoms in total. The lowest BCUT2D eigenvalue weighted by molar-refractivity contribution is 0.670. The lowest BCUT2D eigenvalue weighted by Gasteiger charge is -2.26. The zero-order valence-electron chi connectivity index (χ0n) is 28.4. The van der Waals surface area contributed by atoms with Gasteiger partial charge in [0, 0.05) is 27.7 Å². The molecule has 2 heteroatoms. The van der Waals surface area contributed by atoms with Gasteiger partial charge in [-0.25, -0.2) is 0 Å². The largest absolute Gasteiger partial charge is 0.453 e. The Kier molecular flexibility index (Phi) is 7.18. The molecule has 1 heterocycles. The smallest absolute Gasteiger partial charge is 0.159 e. The minimum atomic E-state index is 0.856. The SMILES string of the molecule is c1ccc(-c2ccc(N(c3ccc(-c4ccccc4)cc3)c3cccc4c3oc3c(-c5ccc6ccccc6c5)c5ccccc5cc34)cc2)cc1. The van der Waals surface area contributed by atoms with E-state index < -0.39 is 0 Å². The van der Waals surface area contributed by atoms with Crippen LogP contribution in [0.5, 0.6) is 0 Å². The summed E-state index contributed by atoms with van der Waals surface area (Å²) in [6, 6.07) is 71.5. The van der Waals surface area contributed by atoms with E-state index in [1.165, 1.54) is 43.8 Å². The Hall–Kier alpha value is -6.90. The standard InChI is InChI=1S/C50H33NO/c1-3-12-34(13-4-1)37-24-28-42(29-25-37)51(43-30-26-38(27-31-43)35-14-5-2-6-15-35)47-21-11-20-45-46-33-40-18-9-10-19-44(40)48(50(46)52-49(45)47)41-23-22-36-16-7-8-17-39(36)32-41/h1-33H. The van der Waals surface area contributed by atoms with Crippen LogP contribution in [-0.2, 0) is 0 Å². The summed E-state index contributed by atoms with van der Waals surface area (Å²) in [5, 5.41) is 7.00. The van der Waals surface area contributed by atoms with Gasteiger partial charge < -0.3 is 9.32 Å². The van der Waals surface area contributed by atoms with Gasteiger partial charge in [-0.15, -0.1) is 0 Å². The van der Waals surface area contributed by atoms with E-state index in [-0.39, 0.29) is 0 Å². The lowest BCUT2D eigenvalue weighted by atomic mass is 9.94. The molecule has 0 aliphatic rings. The highest BCUT2D eigenvalue weighted by Gasteiger charge is 2.22. The van der Waals surface area contributed by atoms with Crippen LogP contribution < -0.4 is 4.90 Å². The number of rotatable bonds is 6. The third-order valence-corrected chi connectivity index (χ3v) is 10.2. The molecule has 0 radical (unpaired) electrons. The van der Waals surface area contributed by atoms with Gasteiger partial charge in [-0.1, -0.05) is 158 Å². The van der Waals surface area contributed by atoms with Crippen LogP contribution in [0.4, 0.5) is 17.1 Å². The topological polar surface area (TPSA) is 16.4 Å². The van der Waals surface area contributed by atoms with Crippen molar-refractivity contribution in [3.05, 3.63) is 200 Å². The third kappa shape index (κ3) is 5.12. The van der Waals surface area contributed by atoms with Crippen LogP contribution in [0.1, 0.15) is 0 Å². The number of furan rings is 1. The molecular formula is C50H33NO. The van der Waals surface area contributed by atoms with Crippen LogP contribution >= 0.6 is 0 Å². The van der Waals surface area contributed by atoms with Gasteiger partial charge in [0.1, 0.15) is 5.58 Å². The van der Waals surface area contributed by atoms with Crippen LogP contribution in [0.3, 0.4) is 0 Å². The highest BCUT2D eigenvalue weighted by Crippen LogP contribution is 2.46. The first-order valence-corrected chi connectivity index (χ1v) is 17.8. The second kappa shape index (κ2) is 12.5. The first kappa shape index (κ1) is 30.0. The van der Waals surface area contributed by atoms with Crippen LogP contribution in [0.25, 0.3) is 76.9 Å². The van der Waals surface area contributed by atoms with E-state index in [1.54, 1.807) is 0 Å². The van der Waals surface area contributed by atoms with Gasteiger partial charge in [0.15, 0.2) is 5.58 Å². The molecule has 0 aliphatic heterocycles. The number of benzene rings is 9. The minimum Gasteiger partial charge on any atom is -0.453 e. The molecule has 10 rings (SSSR count). The van der Waals surface area contributed by atoms with Gasteiger partial charge in [-0.05, 0) is 91.8 Å². The van der Waals surface area contributed by atoms with Crippen molar-refractivity contribution in [3.8, 4) is 33.4 Å². The maximum absolute atomic E-state index is 7.16. The fraction of sp³-hybridized carbons (Fsp3) is 0. The van der Waals surface area contributed by atoms with Crippen molar-refractivity contribution >= 4 is 60.5 Å². The van der Waals surface area contributed by atoms with Crippen molar-refractivity contribution in [1.29, 1.82) is 0 Å². The van der Waals surface area contributed by atoms with Crippen molar-refractivity contribution in [1.82, 2.24) is 0 Å². The van der Waals surface area contributed by atoms with Gasteiger partial charge in [0.25, 0.3) is 0 Å². The molecular weight excluding hydrogens is 631 g/mol. The number of fused-ring (bicyclic) bond motifs is 5. The van der Waals surface area contributed by atoms with Crippen LogP contribution in [-0.4, -0.2) is 0 Å². The monoisotopic (exact) mass is 663 g/mol. The molecule has 0 amide bonds. The molecule has 0 spiro atoms. The quantitative estimate of drug-likeness (QED) is 0.176. The summed E-state index contributed by atoms with van der Waals surface area (Å²) in [6.45, 7) is 0. The van der Waals surface area contributed by atoms with E-state index in [4.69, 9.17) is 4.42 Å². The van der Waals surface area contributed by atoms with E-state index in [0.29, 0.717) is 0 Å². The van der Waals surface area contributed by atoms with Gasteiger partial charge >= 0.3 is 0 Å². The molecule has 0 atom stereocenters. The summed E-state index contributed by atoms with van der Waals surface area (Å²) >= 11 is 0. The summed E-state index contributed by atoms with van der Waals surface area (Å²) in [6.07, 6.45) is 0. The average Bonchev–Trinajstić information content (AvgIpc) is 3.60. The molecule has 0 N–H and O–H groups in total. The second-order valence-corrected chi connectivity index (χ2v) is 13.3. The van der Waals surface area contributed by atoms with Crippen LogP contribution in [0, 0.1) is 0 Å². The summed E-state index contributed by atoms with van der Waals surface area (Å²) in [5.74, 6) is 0. The first-order chi connectivity index (χ1) is 25.8. The Morgan fingerprint density at radius 2 is 0.827 bits per heavy atom. The molecule has 10 aromatic rings. The predicted octanol–water partition coefficient (Wildman–Crippen LogP) is 14.4. The number of para-hydroxylation sites is 1. The molecule has 0 unspecified atom stereocenters. The minimum absolute atomic E-state index is 0.856. The number of nitrogens with zero attached hydrogens (tertiary/aromatic N) is 1. The molecule has 9 aromatic carbocycles. The highest BCUT2D eigenvalue weighted by molar-refractivity contribution is 6.20. The van der Waals surface area contributed by atoms with Crippen LogP contribution in [0.15, 0.2) is 205 Å². The molecule has 1 aromatic heterocycles. The van der Waals surface area contributed by atoms with Gasteiger partial charge in [0.2, 0.25) is 0 Å². The normalized spacial score (nSPS) is 11.5. The van der Waals surface area contributed by atoms with E-state index >= 15 is 0 Å². The maximum Gasteiger partial charge on any atom is 0.159 e. The van der Waals surface area contributed by atoms with Gasteiger partial charge in [0.05, 0.1) is 5.69 Å². The average molecular weight is 664 g/mol. The van der Waals surface area contributed by atoms with E-state index in [2.05, 4.69) is 205 Å². The fourth-order valence-electron chi connectivity index (χ4n) is 7.68. The van der Waals surface area contributed by atoms with Gasteiger partial charge in [-0.2, -0.15) is 0 Å². The molecule has 244 valence electrons. The van der Waals surface area contributed by atoms with Crippen molar-refractivity contribution in [3.63, 3.8) is 0 Å². The fourth-order valence-corrected chi connectivity index (χ4v) is 7.68. The lowest BCUT2D eigenvalue weighted by Crippen LogP contribution is -2.10. The Bertz CT molecular complexity index is 2790. The molecule has 0 saturated carbocycles. The Morgan fingerprint density at radius 1 is 0.308 bits per heavy atom.